The summed E-state index contributed by atoms with van der Waals surface area (Å²) < 4.78 is 53.6. The first-order chi connectivity index (χ1) is 19.6. The molecule has 1 fully saturated rings. The zero-order valence-corrected chi connectivity index (χ0v) is 22.0. The van der Waals surface area contributed by atoms with E-state index in [4.69, 9.17) is 14.9 Å². The quantitative estimate of drug-likeness (QED) is 0.301. The van der Waals surface area contributed by atoms with Crippen LogP contribution in [0.5, 0.6) is 5.75 Å². The molecule has 41 heavy (non-hydrogen) atoms. The van der Waals surface area contributed by atoms with E-state index in [1.165, 1.54) is 24.9 Å². The molecule has 0 aromatic carbocycles. The van der Waals surface area contributed by atoms with Crippen molar-refractivity contribution in [1.82, 2.24) is 24.0 Å². The Morgan fingerprint density at radius 1 is 1.32 bits per heavy atom. The first-order valence-corrected chi connectivity index (χ1v) is 12.4. The maximum absolute atomic E-state index is 13.3. The van der Waals surface area contributed by atoms with E-state index < -0.39 is 17.3 Å². The molecular formula is C26H25F3N9O3+. The smallest absolute Gasteiger partial charge is 0.417 e. The summed E-state index contributed by atoms with van der Waals surface area (Å²) in [6.45, 7) is 2.69. The van der Waals surface area contributed by atoms with Crippen LogP contribution in [-0.2, 0) is 25.0 Å². The van der Waals surface area contributed by atoms with Crippen molar-refractivity contribution < 1.29 is 28.0 Å². The molecule has 5 rings (SSSR count). The lowest BCUT2D eigenvalue weighted by Crippen LogP contribution is -2.76. The molecule has 3 aromatic heterocycles. The summed E-state index contributed by atoms with van der Waals surface area (Å²) in [5.74, 6) is 0.220. The van der Waals surface area contributed by atoms with E-state index in [0.717, 1.165) is 29.6 Å². The fourth-order valence-corrected chi connectivity index (χ4v) is 4.50. The SMILES string of the molecule is Cn1cc(C(F)(F)F)cc(Nc2nc3ncc(O/C(C=N)=C4\C=C(N5CCOCC5)C=C[NH2+]4)c(C#N)c3n2C)c1=O. The maximum atomic E-state index is 13.3. The number of anilines is 2. The zero-order chi connectivity index (χ0) is 29.3. The number of nitriles is 1. The van der Waals surface area contributed by atoms with Crippen molar-refractivity contribution in [3.8, 4) is 11.8 Å². The van der Waals surface area contributed by atoms with Crippen LogP contribution in [0.25, 0.3) is 11.2 Å². The predicted molar refractivity (Wildman–Crippen MR) is 141 cm³/mol. The molecule has 15 heteroatoms. The van der Waals surface area contributed by atoms with Crippen molar-refractivity contribution in [2.45, 2.75) is 6.18 Å². The predicted octanol–water partition coefficient (Wildman–Crippen LogP) is 1.85. The highest BCUT2D eigenvalue weighted by Crippen LogP contribution is 2.32. The van der Waals surface area contributed by atoms with Crippen LogP contribution in [0.4, 0.5) is 24.8 Å². The van der Waals surface area contributed by atoms with E-state index >= 15 is 0 Å². The number of imidazole rings is 1. The Labute approximate surface area is 231 Å². The van der Waals surface area contributed by atoms with Crippen molar-refractivity contribution in [3.05, 3.63) is 75.4 Å². The molecule has 1 saturated heterocycles. The van der Waals surface area contributed by atoms with Gasteiger partial charge in [0.15, 0.2) is 17.1 Å². The lowest BCUT2D eigenvalue weighted by molar-refractivity contribution is -0.532. The molecule has 212 valence electrons. The number of nitrogens with zero attached hydrogens (tertiary/aromatic N) is 6. The summed E-state index contributed by atoms with van der Waals surface area (Å²) in [6.07, 6.45) is 4.03. The topological polar surface area (TPSA) is 151 Å². The third kappa shape index (κ3) is 5.42. The molecular weight excluding hydrogens is 543 g/mol. The first-order valence-electron chi connectivity index (χ1n) is 12.4. The molecule has 0 aliphatic carbocycles. The molecule has 12 nitrogen and oxygen atoms in total. The van der Waals surface area contributed by atoms with Gasteiger partial charge in [0, 0.05) is 51.2 Å². The Morgan fingerprint density at radius 3 is 2.76 bits per heavy atom. The number of pyridine rings is 2. The van der Waals surface area contributed by atoms with Crippen LogP contribution in [0, 0.1) is 16.7 Å². The number of halogens is 3. The van der Waals surface area contributed by atoms with Gasteiger partial charge in [-0.05, 0) is 6.07 Å². The molecule has 2 aliphatic heterocycles. The van der Waals surface area contributed by atoms with E-state index in [1.54, 1.807) is 5.32 Å². The number of hydrogen-bond donors (Lipinski definition) is 3. The average molecular weight is 569 g/mol. The molecule has 4 N–H and O–H groups in total. The number of quaternary nitrogens is 1. The van der Waals surface area contributed by atoms with Crippen molar-refractivity contribution in [2.75, 3.05) is 31.6 Å². The second-order valence-electron chi connectivity index (χ2n) is 9.22. The van der Waals surface area contributed by atoms with Crippen LogP contribution < -0.4 is 20.9 Å². The highest BCUT2D eigenvalue weighted by Gasteiger charge is 2.32. The second-order valence-corrected chi connectivity index (χ2v) is 9.22. The van der Waals surface area contributed by atoms with E-state index in [1.807, 2.05) is 18.4 Å². The van der Waals surface area contributed by atoms with Gasteiger partial charge >= 0.3 is 6.18 Å². The van der Waals surface area contributed by atoms with Crippen molar-refractivity contribution in [2.24, 2.45) is 14.1 Å². The number of nitrogens with two attached hydrogens (primary N) is 1. The number of nitrogens with one attached hydrogen (secondary N) is 2. The molecule has 0 bridgehead atoms. The summed E-state index contributed by atoms with van der Waals surface area (Å²) >= 11 is 0. The number of rotatable bonds is 6. The van der Waals surface area contributed by atoms with Crippen molar-refractivity contribution in [1.29, 1.82) is 10.7 Å². The number of hydrogen-bond acceptors (Lipinski definition) is 9. The minimum Gasteiger partial charge on any atom is -0.446 e. The minimum absolute atomic E-state index is 0.00737. The number of morpholine rings is 1. The lowest BCUT2D eigenvalue weighted by atomic mass is 10.2. The Bertz CT molecular complexity index is 1720. The third-order valence-corrected chi connectivity index (χ3v) is 6.59. The molecule has 0 amide bonds. The molecule has 3 aromatic rings. The standard InChI is InChI=1S/C26H24F3N9O3/c1-36-14-15(26(27,28)29)9-19(24(36)39)34-25-35-23-22(37(25)2)17(11-30)21(13-33-23)41-20(12-31)18-10-16(3-4-32-18)38-5-7-40-8-6-38/h3-4,9-10,12-14,31-32H,5-8H2,1-2H3,(H,33,34,35)/p+1/b20-18+,31-12?. The molecule has 0 unspecified atom stereocenters. The summed E-state index contributed by atoms with van der Waals surface area (Å²) in [7, 11) is 2.74. The van der Waals surface area contributed by atoms with E-state index in [-0.39, 0.29) is 39.9 Å². The summed E-state index contributed by atoms with van der Waals surface area (Å²) in [5, 5.41) is 22.4. The highest BCUT2D eigenvalue weighted by atomic mass is 19.4. The molecule has 0 spiro atoms. The van der Waals surface area contributed by atoms with Crippen LogP contribution in [0.3, 0.4) is 0 Å². The van der Waals surface area contributed by atoms with Gasteiger partial charge in [-0.2, -0.15) is 23.4 Å². The van der Waals surface area contributed by atoms with Gasteiger partial charge in [-0.1, -0.05) is 0 Å². The monoisotopic (exact) mass is 568 g/mol. The van der Waals surface area contributed by atoms with Crippen LogP contribution in [0.1, 0.15) is 11.1 Å². The minimum atomic E-state index is -4.67. The highest BCUT2D eigenvalue weighted by molar-refractivity contribution is 5.85. The number of aryl methyl sites for hydroxylation is 2. The Kier molecular flexibility index (Phi) is 7.35. The maximum Gasteiger partial charge on any atom is 0.417 e. The Balaban J connectivity index is 1.51. The van der Waals surface area contributed by atoms with Crippen LogP contribution in [0.15, 0.2) is 58.8 Å². The molecule has 0 radical (unpaired) electrons. The van der Waals surface area contributed by atoms with Crippen molar-refractivity contribution >= 4 is 29.0 Å². The van der Waals surface area contributed by atoms with Gasteiger partial charge in [0.25, 0.3) is 5.56 Å². The van der Waals surface area contributed by atoms with Gasteiger partial charge < -0.3 is 34.2 Å². The largest absolute Gasteiger partial charge is 0.446 e. The van der Waals surface area contributed by atoms with Gasteiger partial charge in [-0.3, -0.25) is 10.1 Å². The fourth-order valence-electron chi connectivity index (χ4n) is 4.50. The van der Waals surface area contributed by atoms with Crippen molar-refractivity contribution in [3.63, 3.8) is 0 Å². The summed E-state index contributed by atoms with van der Waals surface area (Å²) in [6, 6.07) is 2.77. The van der Waals surface area contributed by atoms with Gasteiger partial charge in [0.1, 0.15) is 22.8 Å². The Hall–Kier alpha value is -4.94. The normalized spacial score (nSPS) is 16.8. The van der Waals surface area contributed by atoms with Gasteiger partial charge in [0.2, 0.25) is 11.7 Å². The first kappa shape index (κ1) is 27.6. The molecule has 0 saturated carbocycles. The van der Waals surface area contributed by atoms with Crippen LogP contribution >= 0.6 is 0 Å². The molecule has 5 heterocycles. The second kappa shape index (κ2) is 10.9. The summed E-state index contributed by atoms with van der Waals surface area (Å²) in [4.78, 5) is 23.2. The number of allylic oxidation sites excluding steroid dienone is 3. The number of fused-ring (bicyclic) bond motifs is 1. The number of aromatic nitrogens is 4. The van der Waals surface area contributed by atoms with Gasteiger partial charge in [-0.25, -0.2) is 4.98 Å². The summed E-state index contributed by atoms with van der Waals surface area (Å²) in [5.41, 5.74) is -0.149. The van der Waals surface area contributed by atoms with E-state index in [2.05, 4.69) is 26.3 Å². The lowest BCUT2D eigenvalue weighted by Gasteiger charge is -2.30. The molecule has 2 aliphatic rings. The van der Waals surface area contributed by atoms with Crippen LogP contribution in [0.2, 0.25) is 0 Å². The van der Waals surface area contributed by atoms with Crippen LogP contribution in [-0.4, -0.2) is 56.5 Å². The van der Waals surface area contributed by atoms with Gasteiger partial charge in [-0.15, -0.1) is 0 Å². The Morgan fingerprint density at radius 2 is 2.07 bits per heavy atom. The number of alkyl halides is 3. The third-order valence-electron chi connectivity index (χ3n) is 6.59. The number of ether oxygens (including phenoxy) is 2. The van der Waals surface area contributed by atoms with Gasteiger partial charge in [0.05, 0.1) is 37.4 Å². The van der Waals surface area contributed by atoms with E-state index in [0.29, 0.717) is 31.2 Å². The zero-order valence-electron chi connectivity index (χ0n) is 22.0. The molecule has 0 atom stereocenters. The fraction of sp³-hybridized carbons (Fsp3) is 0.269. The average Bonchev–Trinajstić information content (AvgIpc) is 3.28. The van der Waals surface area contributed by atoms with E-state index in [9.17, 15) is 23.2 Å².